The molecule has 0 saturated heterocycles. The van der Waals surface area contributed by atoms with Crippen molar-refractivity contribution >= 4 is 11.8 Å². The van der Waals surface area contributed by atoms with E-state index < -0.39 is 0 Å². The summed E-state index contributed by atoms with van der Waals surface area (Å²) in [5, 5.41) is 9.61. The molecule has 1 aromatic rings. The normalized spacial score (nSPS) is 28.9. The largest absolute Gasteiger partial charge is 0.508 e. The van der Waals surface area contributed by atoms with Gasteiger partial charge in [0.1, 0.15) is 5.75 Å². The van der Waals surface area contributed by atoms with Gasteiger partial charge in [-0.15, -0.1) is 11.8 Å². The molecular weight excluding hydrogens is 240 g/mol. The number of phenols is 1. The van der Waals surface area contributed by atoms with Crippen LogP contribution in [-0.2, 0) is 6.42 Å². The van der Waals surface area contributed by atoms with Crippen LogP contribution in [0.5, 0.6) is 5.75 Å². The zero-order chi connectivity index (χ0) is 12.6. The topological polar surface area (TPSA) is 20.2 Å². The highest BCUT2D eigenvalue weighted by Gasteiger charge is 2.40. The monoisotopic (exact) mass is 262 g/mol. The lowest BCUT2D eigenvalue weighted by atomic mass is 9.83. The van der Waals surface area contributed by atoms with Gasteiger partial charge in [0.25, 0.3) is 0 Å². The summed E-state index contributed by atoms with van der Waals surface area (Å²) in [5.41, 5.74) is 1.43. The summed E-state index contributed by atoms with van der Waals surface area (Å²) < 4.78 is 0.362. The van der Waals surface area contributed by atoms with Crippen molar-refractivity contribution in [1.29, 1.82) is 0 Å². The molecule has 3 rings (SSSR count). The van der Waals surface area contributed by atoms with Crippen molar-refractivity contribution in [2.45, 2.75) is 61.5 Å². The first-order valence-corrected chi connectivity index (χ1v) is 8.00. The van der Waals surface area contributed by atoms with Gasteiger partial charge in [-0.05, 0) is 49.8 Å². The van der Waals surface area contributed by atoms with E-state index in [4.69, 9.17) is 0 Å². The Morgan fingerprint density at radius 1 is 1.17 bits per heavy atom. The van der Waals surface area contributed by atoms with Crippen molar-refractivity contribution in [3.8, 4) is 5.75 Å². The molecule has 1 nitrogen and oxygen atoms in total. The molecule has 1 aliphatic carbocycles. The lowest BCUT2D eigenvalue weighted by Gasteiger charge is -2.32. The molecule has 0 spiro atoms. The van der Waals surface area contributed by atoms with Crippen LogP contribution in [0, 0.1) is 5.92 Å². The van der Waals surface area contributed by atoms with Crippen LogP contribution in [0.3, 0.4) is 0 Å². The van der Waals surface area contributed by atoms with Crippen LogP contribution in [0.25, 0.3) is 0 Å². The highest BCUT2D eigenvalue weighted by molar-refractivity contribution is 8.01. The molecule has 0 radical (unpaired) electrons. The molecule has 1 N–H and O–H groups in total. The van der Waals surface area contributed by atoms with Gasteiger partial charge in [0.05, 0.1) is 0 Å². The third kappa shape index (κ3) is 2.27. The maximum Gasteiger partial charge on any atom is 0.116 e. The average Bonchev–Trinajstić information content (AvgIpc) is 2.55. The van der Waals surface area contributed by atoms with Crippen LogP contribution in [0.15, 0.2) is 23.1 Å². The molecule has 1 aromatic carbocycles. The summed E-state index contributed by atoms with van der Waals surface area (Å²) in [5.74, 6) is 1.26. The summed E-state index contributed by atoms with van der Waals surface area (Å²) >= 11 is 2.01. The van der Waals surface area contributed by atoms with Crippen molar-refractivity contribution in [1.82, 2.24) is 0 Å². The van der Waals surface area contributed by atoms with E-state index in [-0.39, 0.29) is 0 Å². The first-order valence-electron chi connectivity index (χ1n) is 7.18. The molecule has 1 fully saturated rings. The lowest BCUT2D eigenvalue weighted by molar-refractivity contribution is 0.358. The van der Waals surface area contributed by atoms with Crippen molar-refractivity contribution in [3.63, 3.8) is 0 Å². The third-order valence-electron chi connectivity index (χ3n) is 4.65. The minimum absolute atomic E-state index is 0.362. The summed E-state index contributed by atoms with van der Waals surface area (Å²) in [4.78, 5) is 1.31. The molecular formula is C16H22OS. The van der Waals surface area contributed by atoms with E-state index in [2.05, 4.69) is 13.0 Å². The highest BCUT2D eigenvalue weighted by Crippen LogP contribution is 2.52. The number of hydrogen-bond donors (Lipinski definition) is 1. The van der Waals surface area contributed by atoms with Gasteiger partial charge in [0.15, 0.2) is 0 Å². The predicted molar refractivity (Wildman–Crippen MR) is 77.3 cm³/mol. The van der Waals surface area contributed by atoms with Crippen LogP contribution in [0.2, 0.25) is 0 Å². The Bertz CT molecular complexity index is 435. The standard InChI is InChI=1S/C16H22OS/c1-16(13-6-4-2-3-5-7-13)11-12-8-9-14(17)10-15(12)18-16/h8-10,13,17H,2-7,11H2,1H3. The van der Waals surface area contributed by atoms with E-state index in [0.717, 1.165) is 5.92 Å². The van der Waals surface area contributed by atoms with Gasteiger partial charge in [-0.3, -0.25) is 0 Å². The minimum atomic E-state index is 0.362. The smallest absolute Gasteiger partial charge is 0.116 e. The van der Waals surface area contributed by atoms with Gasteiger partial charge in [0, 0.05) is 9.64 Å². The molecule has 18 heavy (non-hydrogen) atoms. The molecule has 0 bridgehead atoms. The Hall–Kier alpha value is -0.630. The van der Waals surface area contributed by atoms with Crippen LogP contribution in [-0.4, -0.2) is 9.85 Å². The first kappa shape index (κ1) is 12.4. The number of hydrogen-bond acceptors (Lipinski definition) is 2. The van der Waals surface area contributed by atoms with E-state index in [1.165, 1.54) is 55.4 Å². The van der Waals surface area contributed by atoms with E-state index in [1.54, 1.807) is 0 Å². The molecule has 1 aliphatic heterocycles. The average molecular weight is 262 g/mol. The van der Waals surface area contributed by atoms with E-state index >= 15 is 0 Å². The summed E-state index contributed by atoms with van der Waals surface area (Å²) in [6, 6.07) is 5.89. The highest BCUT2D eigenvalue weighted by atomic mass is 32.2. The van der Waals surface area contributed by atoms with Crippen molar-refractivity contribution < 1.29 is 5.11 Å². The Balaban J connectivity index is 1.81. The summed E-state index contributed by atoms with van der Waals surface area (Å²) in [6.45, 7) is 2.44. The Kier molecular flexibility index (Phi) is 3.31. The maximum absolute atomic E-state index is 9.61. The molecule has 1 unspecified atom stereocenters. The molecule has 2 heteroatoms. The molecule has 1 heterocycles. The second-order valence-corrected chi connectivity index (χ2v) is 7.65. The third-order valence-corrected chi connectivity index (χ3v) is 6.20. The Morgan fingerprint density at radius 2 is 1.89 bits per heavy atom. The van der Waals surface area contributed by atoms with E-state index in [0.29, 0.717) is 10.5 Å². The fourth-order valence-electron chi connectivity index (χ4n) is 3.57. The van der Waals surface area contributed by atoms with Crippen molar-refractivity contribution in [2.24, 2.45) is 5.92 Å². The fourth-order valence-corrected chi connectivity index (χ4v) is 5.15. The molecule has 98 valence electrons. The second-order valence-electron chi connectivity index (χ2n) is 6.07. The lowest BCUT2D eigenvalue weighted by Crippen LogP contribution is -2.30. The van der Waals surface area contributed by atoms with Crippen LogP contribution >= 0.6 is 11.8 Å². The number of benzene rings is 1. The number of thioether (sulfide) groups is 1. The molecule has 1 saturated carbocycles. The first-order chi connectivity index (χ1) is 8.67. The zero-order valence-electron chi connectivity index (χ0n) is 11.1. The Labute approximate surface area is 114 Å². The Morgan fingerprint density at radius 3 is 2.61 bits per heavy atom. The van der Waals surface area contributed by atoms with Gasteiger partial charge >= 0.3 is 0 Å². The maximum atomic E-state index is 9.61. The van der Waals surface area contributed by atoms with Crippen LogP contribution in [0.1, 0.15) is 51.0 Å². The SMILES string of the molecule is CC1(C2CCCCCC2)Cc2ccc(O)cc2S1. The molecule has 0 amide bonds. The second kappa shape index (κ2) is 4.80. The van der Waals surface area contributed by atoms with Gasteiger partial charge in [-0.1, -0.05) is 31.7 Å². The molecule has 2 aliphatic rings. The number of fused-ring (bicyclic) bond motifs is 1. The number of phenolic OH excluding ortho intramolecular Hbond substituents is 1. The molecule has 1 atom stereocenters. The number of aromatic hydroxyl groups is 1. The molecule has 0 aromatic heterocycles. The fraction of sp³-hybridized carbons (Fsp3) is 0.625. The minimum Gasteiger partial charge on any atom is -0.508 e. The van der Waals surface area contributed by atoms with Gasteiger partial charge in [-0.2, -0.15) is 0 Å². The summed E-state index contributed by atoms with van der Waals surface area (Å²) in [7, 11) is 0. The van der Waals surface area contributed by atoms with Crippen LogP contribution < -0.4 is 0 Å². The van der Waals surface area contributed by atoms with Gasteiger partial charge in [-0.25, -0.2) is 0 Å². The predicted octanol–water partition coefficient (Wildman–Crippen LogP) is 4.77. The quantitative estimate of drug-likeness (QED) is 0.736. The van der Waals surface area contributed by atoms with Gasteiger partial charge < -0.3 is 5.11 Å². The van der Waals surface area contributed by atoms with Crippen molar-refractivity contribution in [2.75, 3.05) is 0 Å². The summed E-state index contributed by atoms with van der Waals surface area (Å²) in [6.07, 6.45) is 9.62. The number of rotatable bonds is 1. The van der Waals surface area contributed by atoms with E-state index in [9.17, 15) is 5.11 Å². The zero-order valence-corrected chi connectivity index (χ0v) is 11.9. The van der Waals surface area contributed by atoms with Crippen LogP contribution in [0.4, 0.5) is 0 Å². The van der Waals surface area contributed by atoms with E-state index in [1.807, 2.05) is 23.9 Å². The van der Waals surface area contributed by atoms with Crippen molar-refractivity contribution in [3.05, 3.63) is 23.8 Å². The van der Waals surface area contributed by atoms with Gasteiger partial charge in [0.2, 0.25) is 0 Å².